The molecule has 2 aliphatic rings. The van der Waals surface area contributed by atoms with Gasteiger partial charge in [-0.15, -0.1) is 6.58 Å². The van der Waals surface area contributed by atoms with Gasteiger partial charge in [0.05, 0.1) is 5.54 Å². The van der Waals surface area contributed by atoms with Gasteiger partial charge in [0, 0.05) is 19.0 Å². The molecule has 1 saturated heterocycles. The number of benzene rings is 1. The van der Waals surface area contributed by atoms with Crippen LogP contribution in [0.5, 0.6) is 0 Å². The molecule has 3 rings (SSSR count). The van der Waals surface area contributed by atoms with Gasteiger partial charge in [-0.2, -0.15) is 0 Å². The smallest absolute Gasteiger partial charge is 0.318 e. The number of likely N-dealkylation sites (tertiary alicyclic amines) is 1. The second kappa shape index (κ2) is 5.31. The first-order chi connectivity index (χ1) is 9.79. The van der Waals surface area contributed by atoms with Gasteiger partial charge in [0.1, 0.15) is 0 Å². The highest BCUT2D eigenvalue weighted by molar-refractivity contribution is 5.77. The Kier molecular flexibility index (Phi) is 3.51. The van der Waals surface area contributed by atoms with Gasteiger partial charge >= 0.3 is 6.03 Å². The van der Waals surface area contributed by atoms with Crippen LogP contribution in [0.3, 0.4) is 0 Å². The van der Waals surface area contributed by atoms with Gasteiger partial charge in [0.2, 0.25) is 0 Å². The summed E-state index contributed by atoms with van der Waals surface area (Å²) in [6, 6.07) is 10.6. The van der Waals surface area contributed by atoms with E-state index in [0.717, 1.165) is 13.0 Å². The van der Waals surface area contributed by atoms with Gasteiger partial charge in [0.15, 0.2) is 0 Å². The Morgan fingerprint density at radius 3 is 2.90 bits per heavy atom. The van der Waals surface area contributed by atoms with E-state index in [1.165, 1.54) is 24.8 Å². The zero-order valence-corrected chi connectivity index (χ0v) is 11.8. The zero-order chi connectivity index (χ0) is 14.0. The van der Waals surface area contributed by atoms with Crippen LogP contribution in [-0.4, -0.2) is 24.0 Å². The van der Waals surface area contributed by atoms with Crippen molar-refractivity contribution < 1.29 is 4.79 Å². The van der Waals surface area contributed by atoms with E-state index in [0.29, 0.717) is 12.5 Å². The molecular weight excluding hydrogens is 248 g/mol. The summed E-state index contributed by atoms with van der Waals surface area (Å²) in [4.78, 5) is 14.4. The number of hydrogen-bond donors (Lipinski definition) is 1. The molecule has 20 heavy (non-hydrogen) atoms. The standard InChI is InChI=1S/C17H22N2O/c1-2-12-18-16(20)19-13-15-10-6-7-11-17(15,19)14-8-4-3-5-9-14/h2-5,8-9,15H,1,6-7,10-13H2,(H,18,20)/t15-,17+/m0/s1. The van der Waals surface area contributed by atoms with Crippen molar-refractivity contribution in [2.45, 2.75) is 31.2 Å². The highest BCUT2D eigenvalue weighted by Gasteiger charge is 2.56. The molecule has 1 aliphatic heterocycles. The Bertz CT molecular complexity index is 499. The fourth-order valence-electron chi connectivity index (χ4n) is 3.88. The lowest BCUT2D eigenvalue weighted by Crippen LogP contribution is -2.69. The lowest BCUT2D eigenvalue weighted by molar-refractivity contribution is -0.0791. The Hall–Kier alpha value is -1.77. The Morgan fingerprint density at radius 1 is 1.40 bits per heavy atom. The number of hydrogen-bond acceptors (Lipinski definition) is 1. The number of fused-ring (bicyclic) bond motifs is 1. The lowest BCUT2D eigenvalue weighted by Gasteiger charge is -2.61. The molecule has 1 saturated carbocycles. The summed E-state index contributed by atoms with van der Waals surface area (Å²) < 4.78 is 0. The second-order valence-corrected chi connectivity index (χ2v) is 5.82. The molecule has 2 atom stereocenters. The van der Waals surface area contributed by atoms with E-state index in [1.54, 1.807) is 6.08 Å². The third-order valence-corrected chi connectivity index (χ3v) is 4.84. The summed E-state index contributed by atoms with van der Waals surface area (Å²) in [6.45, 7) is 5.08. The summed E-state index contributed by atoms with van der Waals surface area (Å²) in [7, 11) is 0. The van der Waals surface area contributed by atoms with Crippen molar-refractivity contribution in [3.8, 4) is 0 Å². The van der Waals surface area contributed by atoms with E-state index in [2.05, 4.69) is 36.2 Å². The molecular formula is C17H22N2O. The van der Waals surface area contributed by atoms with Crippen LogP contribution in [-0.2, 0) is 5.54 Å². The van der Waals surface area contributed by atoms with Crippen LogP contribution in [0.25, 0.3) is 0 Å². The van der Waals surface area contributed by atoms with Crippen molar-refractivity contribution >= 4 is 6.03 Å². The predicted molar refractivity (Wildman–Crippen MR) is 80.4 cm³/mol. The number of carbonyl (C=O) groups is 1. The van der Waals surface area contributed by atoms with Crippen LogP contribution in [0.4, 0.5) is 4.79 Å². The number of carbonyl (C=O) groups excluding carboxylic acids is 1. The molecule has 0 radical (unpaired) electrons. The molecule has 1 aromatic carbocycles. The molecule has 2 fully saturated rings. The summed E-state index contributed by atoms with van der Waals surface area (Å²) in [5, 5.41) is 2.93. The van der Waals surface area contributed by atoms with Crippen molar-refractivity contribution in [1.29, 1.82) is 0 Å². The van der Waals surface area contributed by atoms with Crippen LogP contribution < -0.4 is 5.32 Å². The van der Waals surface area contributed by atoms with E-state index in [-0.39, 0.29) is 11.6 Å². The maximum Gasteiger partial charge on any atom is 0.318 e. The first kappa shape index (κ1) is 13.2. The minimum Gasteiger partial charge on any atom is -0.335 e. The van der Waals surface area contributed by atoms with E-state index >= 15 is 0 Å². The Morgan fingerprint density at radius 2 is 2.20 bits per heavy atom. The van der Waals surface area contributed by atoms with E-state index in [4.69, 9.17) is 0 Å². The van der Waals surface area contributed by atoms with Crippen molar-refractivity contribution in [3.63, 3.8) is 0 Å². The van der Waals surface area contributed by atoms with Crippen molar-refractivity contribution in [2.75, 3.05) is 13.1 Å². The molecule has 0 unspecified atom stereocenters. The van der Waals surface area contributed by atoms with E-state index in [1.807, 2.05) is 11.0 Å². The van der Waals surface area contributed by atoms with Gasteiger partial charge in [0.25, 0.3) is 0 Å². The zero-order valence-electron chi connectivity index (χ0n) is 11.8. The van der Waals surface area contributed by atoms with Crippen LogP contribution in [0, 0.1) is 5.92 Å². The average Bonchev–Trinajstić information content (AvgIpc) is 2.47. The average molecular weight is 270 g/mol. The fraction of sp³-hybridized carbons (Fsp3) is 0.471. The monoisotopic (exact) mass is 270 g/mol. The summed E-state index contributed by atoms with van der Waals surface area (Å²) in [5.41, 5.74) is 1.23. The third kappa shape index (κ3) is 1.92. The number of rotatable bonds is 3. The number of nitrogens with one attached hydrogen (secondary N) is 1. The molecule has 3 nitrogen and oxygen atoms in total. The van der Waals surface area contributed by atoms with Crippen LogP contribution in [0.15, 0.2) is 43.0 Å². The molecule has 106 valence electrons. The summed E-state index contributed by atoms with van der Waals surface area (Å²) in [6.07, 6.45) is 6.55. The quantitative estimate of drug-likeness (QED) is 0.840. The van der Waals surface area contributed by atoms with Crippen molar-refractivity contribution in [1.82, 2.24) is 10.2 Å². The molecule has 3 heteroatoms. The minimum absolute atomic E-state index is 0.0481. The number of amides is 2. The topological polar surface area (TPSA) is 32.3 Å². The number of nitrogens with zero attached hydrogens (tertiary/aromatic N) is 1. The third-order valence-electron chi connectivity index (χ3n) is 4.84. The van der Waals surface area contributed by atoms with Gasteiger partial charge < -0.3 is 10.2 Å². The number of urea groups is 1. The Labute approximate surface area is 120 Å². The van der Waals surface area contributed by atoms with Crippen LogP contribution in [0.1, 0.15) is 31.2 Å². The lowest BCUT2D eigenvalue weighted by atomic mass is 9.62. The first-order valence-electron chi connectivity index (χ1n) is 7.51. The highest BCUT2D eigenvalue weighted by Crippen LogP contribution is 2.53. The second-order valence-electron chi connectivity index (χ2n) is 5.82. The normalized spacial score (nSPS) is 28.2. The SMILES string of the molecule is C=CCNC(=O)N1C[C@@H]2CCCC[C@@]21c1ccccc1. The first-order valence-corrected chi connectivity index (χ1v) is 7.51. The highest BCUT2D eigenvalue weighted by atomic mass is 16.2. The molecule has 0 spiro atoms. The maximum absolute atomic E-state index is 12.4. The Balaban J connectivity index is 1.89. The molecule has 1 aliphatic carbocycles. The minimum atomic E-state index is -0.0647. The fourth-order valence-corrected chi connectivity index (χ4v) is 3.88. The molecule has 0 bridgehead atoms. The van der Waals surface area contributed by atoms with Crippen LogP contribution >= 0.6 is 0 Å². The van der Waals surface area contributed by atoms with Gasteiger partial charge in [-0.05, 0) is 18.4 Å². The summed E-state index contributed by atoms with van der Waals surface area (Å²) in [5.74, 6) is 0.619. The molecule has 0 aromatic heterocycles. The molecule has 1 aromatic rings. The molecule has 1 N–H and O–H groups in total. The van der Waals surface area contributed by atoms with Gasteiger partial charge in [-0.3, -0.25) is 0 Å². The maximum atomic E-state index is 12.4. The van der Waals surface area contributed by atoms with E-state index in [9.17, 15) is 4.79 Å². The van der Waals surface area contributed by atoms with Crippen molar-refractivity contribution in [2.24, 2.45) is 5.92 Å². The largest absolute Gasteiger partial charge is 0.335 e. The van der Waals surface area contributed by atoms with Crippen molar-refractivity contribution in [3.05, 3.63) is 48.6 Å². The predicted octanol–water partition coefficient (Wildman–Crippen LogP) is 3.28. The molecule has 2 amide bonds. The van der Waals surface area contributed by atoms with Crippen LogP contribution in [0.2, 0.25) is 0 Å². The molecule has 1 heterocycles. The van der Waals surface area contributed by atoms with Gasteiger partial charge in [-0.25, -0.2) is 4.79 Å². The summed E-state index contributed by atoms with van der Waals surface area (Å²) >= 11 is 0. The van der Waals surface area contributed by atoms with Gasteiger partial charge in [-0.1, -0.05) is 49.2 Å². The van der Waals surface area contributed by atoms with E-state index < -0.39 is 0 Å².